The first-order chi connectivity index (χ1) is 14.5. The third-order valence-electron chi connectivity index (χ3n) is 7.49. The molecule has 0 saturated carbocycles. The molecule has 1 nitrogen and oxygen atoms in total. The molecule has 0 amide bonds. The second kappa shape index (κ2) is 19.2. The summed E-state index contributed by atoms with van der Waals surface area (Å²) in [4.78, 5) is 0. The first-order valence-electron chi connectivity index (χ1n) is 14.1. The molecule has 0 N–H and O–H groups in total. The Kier molecular flexibility index (Phi) is 19.7. The number of rotatable bonds is 22. The van der Waals surface area contributed by atoms with E-state index in [4.69, 9.17) is 3.07 Å². The van der Waals surface area contributed by atoms with Gasteiger partial charge in [-0.2, -0.15) is 0 Å². The zero-order chi connectivity index (χ0) is 22.7. The van der Waals surface area contributed by atoms with Gasteiger partial charge in [0, 0.05) is 0 Å². The summed E-state index contributed by atoms with van der Waals surface area (Å²) in [6.07, 6.45) is 22.9. The van der Waals surface area contributed by atoms with E-state index in [0.717, 1.165) is 0 Å². The Balaban J connectivity index is 6.15. The van der Waals surface area contributed by atoms with Gasteiger partial charge in [0.05, 0.1) is 0 Å². The summed E-state index contributed by atoms with van der Waals surface area (Å²) >= 11 is -1.84. The molecule has 0 aliphatic rings. The van der Waals surface area contributed by atoms with Gasteiger partial charge in [0.1, 0.15) is 0 Å². The predicted octanol–water partition coefficient (Wildman–Crippen LogP) is 10.5. The molecule has 0 spiro atoms. The van der Waals surface area contributed by atoms with Crippen LogP contribution in [0, 0.1) is 5.41 Å². The topological polar surface area (TPSA) is 9.23 Å². The predicted molar refractivity (Wildman–Crippen MR) is 140 cm³/mol. The van der Waals surface area contributed by atoms with Crippen molar-refractivity contribution >= 4 is 20.2 Å². The van der Waals surface area contributed by atoms with Crippen LogP contribution in [0.3, 0.4) is 0 Å². The minimum atomic E-state index is -1.84. The van der Waals surface area contributed by atoms with Crippen LogP contribution in [-0.2, 0) is 3.07 Å². The van der Waals surface area contributed by atoms with E-state index in [2.05, 4.69) is 48.5 Å². The summed E-state index contributed by atoms with van der Waals surface area (Å²) in [6.45, 7) is 16.7. The monoisotopic (exact) mass is 531 g/mol. The molecule has 0 rings (SSSR count). The molecule has 0 atom stereocenters. The van der Waals surface area contributed by atoms with Gasteiger partial charge in [-0.05, 0) is 0 Å². The van der Waals surface area contributed by atoms with Gasteiger partial charge < -0.3 is 0 Å². The van der Waals surface area contributed by atoms with Crippen LogP contribution in [0.5, 0.6) is 0 Å². The third-order valence-corrected chi connectivity index (χ3v) is 14.6. The summed E-state index contributed by atoms with van der Waals surface area (Å²) in [5.74, 6) is 0. The molecule has 0 bridgehead atoms. The van der Waals surface area contributed by atoms with E-state index < -0.39 is 20.2 Å². The normalized spacial score (nSPS) is 12.8. The van der Waals surface area contributed by atoms with Crippen LogP contribution in [0.2, 0.25) is 8.87 Å². The van der Waals surface area contributed by atoms with Gasteiger partial charge in [-0.25, -0.2) is 0 Å². The third kappa shape index (κ3) is 10.6. The average Bonchev–Trinajstić information content (AvgIpc) is 2.77. The summed E-state index contributed by atoms with van der Waals surface area (Å²) < 4.78 is 10.6. The molecular formula is C28H59OSn. The van der Waals surface area contributed by atoms with Gasteiger partial charge in [0.15, 0.2) is 0 Å². The summed E-state index contributed by atoms with van der Waals surface area (Å²) in [6, 6.07) is 0. The molecule has 0 aliphatic heterocycles. The Morgan fingerprint density at radius 1 is 0.500 bits per heavy atom. The van der Waals surface area contributed by atoms with E-state index in [9.17, 15) is 0 Å². The van der Waals surface area contributed by atoms with Crippen molar-refractivity contribution in [2.45, 2.75) is 172 Å². The standard InChI is InChI=1S/C20H41O.2C4H9.Sn/c1-6-11-15-19(10-5,16-12-7-2)20(21,17-13-8-3)18-14-9-4;2*1-3-4-2;/h6-18H2,1-5H3;2*1,3-4H2,2H3;/q-1;;;+1. The molecule has 1 radical (unpaired) electrons. The van der Waals surface area contributed by atoms with Crippen LogP contribution in [0.4, 0.5) is 0 Å². The van der Waals surface area contributed by atoms with Gasteiger partial charge in [-0.3, -0.25) is 0 Å². The SMILES string of the molecule is CCC[CH2][Sn]([CH2]CCC)[O]C(CCCC)(CCCC)C(CC)(CCCC)CCCC. The van der Waals surface area contributed by atoms with E-state index in [0.29, 0.717) is 5.41 Å². The molecule has 0 aliphatic carbocycles. The fraction of sp³-hybridized carbons (Fsp3) is 1.00. The van der Waals surface area contributed by atoms with E-state index in [-0.39, 0.29) is 5.60 Å². The second-order valence-corrected chi connectivity index (χ2v) is 16.4. The minimum absolute atomic E-state index is 0.175. The zero-order valence-electron chi connectivity index (χ0n) is 22.3. The van der Waals surface area contributed by atoms with Crippen LogP contribution < -0.4 is 0 Å². The molecule has 0 saturated heterocycles. The quantitative estimate of drug-likeness (QED) is 0.127. The van der Waals surface area contributed by atoms with Crippen molar-refractivity contribution in [1.29, 1.82) is 0 Å². The Hall–Kier alpha value is 0.759. The molecule has 0 aromatic rings. The van der Waals surface area contributed by atoms with Gasteiger partial charge in [-0.15, -0.1) is 0 Å². The van der Waals surface area contributed by atoms with Crippen LogP contribution >= 0.6 is 0 Å². The van der Waals surface area contributed by atoms with Crippen molar-refractivity contribution in [3.8, 4) is 0 Å². The molecule has 181 valence electrons. The van der Waals surface area contributed by atoms with Gasteiger partial charge in [-0.1, -0.05) is 0 Å². The fourth-order valence-electron chi connectivity index (χ4n) is 5.33. The van der Waals surface area contributed by atoms with Crippen molar-refractivity contribution < 1.29 is 3.07 Å². The van der Waals surface area contributed by atoms with Crippen molar-refractivity contribution in [2.24, 2.45) is 5.41 Å². The number of unbranched alkanes of at least 4 members (excludes halogenated alkanes) is 6. The van der Waals surface area contributed by atoms with Crippen molar-refractivity contribution in [1.82, 2.24) is 0 Å². The van der Waals surface area contributed by atoms with Crippen LogP contribution in [0.1, 0.15) is 158 Å². The second-order valence-electron chi connectivity index (χ2n) is 9.89. The molecule has 0 heterocycles. The molecule has 2 heteroatoms. The molecular weight excluding hydrogens is 471 g/mol. The Bertz CT molecular complexity index is 344. The fourth-order valence-corrected chi connectivity index (χ4v) is 13.7. The first kappa shape index (κ1) is 30.8. The van der Waals surface area contributed by atoms with E-state index in [1.165, 1.54) is 118 Å². The average molecular weight is 530 g/mol. The van der Waals surface area contributed by atoms with Gasteiger partial charge >= 0.3 is 201 Å². The molecule has 0 aromatic heterocycles. The van der Waals surface area contributed by atoms with Gasteiger partial charge in [0.2, 0.25) is 0 Å². The van der Waals surface area contributed by atoms with Gasteiger partial charge in [0.25, 0.3) is 0 Å². The maximum atomic E-state index is 7.69. The molecule has 30 heavy (non-hydrogen) atoms. The van der Waals surface area contributed by atoms with Crippen molar-refractivity contribution in [3.05, 3.63) is 0 Å². The Morgan fingerprint density at radius 3 is 1.20 bits per heavy atom. The summed E-state index contributed by atoms with van der Waals surface area (Å²) in [5, 5.41) is 0. The maximum absolute atomic E-state index is 7.69. The van der Waals surface area contributed by atoms with E-state index in [1.54, 1.807) is 0 Å². The van der Waals surface area contributed by atoms with Crippen LogP contribution in [-0.4, -0.2) is 25.8 Å². The number of hydrogen-bond acceptors (Lipinski definition) is 1. The van der Waals surface area contributed by atoms with Crippen LogP contribution in [0.15, 0.2) is 0 Å². The zero-order valence-corrected chi connectivity index (χ0v) is 25.2. The molecule has 0 fully saturated rings. The molecule has 0 unspecified atom stereocenters. The van der Waals surface area contributed by atoms with Crippen LogP contribution in [0.25, 0.3) is 0 Å². The van der Waals surface area contributed by atoms with Crippen molar-refractivity contribution in [3.63, 3.8) is 0 Å². The summed E-state index contributed by atoms with van der Waals surface area (Å²) in [5.41, 5.74) is 0.585. The number of hydrogen-bond donors (Lipinski definition) is 0. The molecule has 0 aromatic carbocycles. The van der Waals surface area contributed by atoms with E-state index in [1.807, 2.05) is 0 Å². The van der Waals surface area contributed by atoms with E-state index >= 15 is 0 Å². The summed E-state index contributed by atoms with van der Waals surface area (Å²) in [7, 11) is 0. The van der Waals surface area contributed by atoms with Crippen molar-refractivity contribution in [2.75, 3.05) is 0 Å². The Labute approximate surface area is 200 Å². The first-order valence-corrected chi connectivity index (χ1v) is 19.3. The Morgan fingerprint density at radius 2 is 0.867 bits per heavy atom.